The zero-order valence-electron chi connectivity index (χ0n) is 11.2. The predicted molar refractivity (Wildman–Crippen MR) is 91.6 cm³/mol. The van der Waals surface area contributed by atoms with E-state index in [-0.39, 0.29) is 5.91 Å². The number of carbonyl (C=O) groups excluding carboxylic acids is 1. The van der Waals surface area contributed by atoms with Crippen molar-refractivity contribution in [3.8, 4) is 0 Å². The van der Waals surface area contributed by atoms with E-state index in [0.717, 1.165) is 20.4 Å². The normalized spacial score (nSPS) is 11.1. The number of carbonyl (C=O) groups is 1. The Bertz CT molecular complexity index is 988. The van der Waals surface area contributed by atoms with Crippen molar-refractivity contribution in [2.75, 3.05) is 11.1 Å². The van der Waals surface area contributed by atoms with Gasteiger partial charge in [-0.3, -0.25) is 10.1 Å². The molecule has 0 saturated heterocycles. The van der Waals surface area contributed by atoms with E-state index in [1.54, 1.807) is 35.6 Å². The highest BCUT2D eigenvalue weighted by Crippen LogP contribution is 2.34. The second kappa shape index (κ2) is 5.04. The van der Waals surface area contributed by atoms with Gasteiger partial charge in [-0.05, 0) is 36.4 Å². The number of aromatic nitrogens is 2. The van der Waals surface area contributed by atoms with E-state index in [2.05, 4.69) is 15.3 Å². The molecule has 0 aliphatic heterocycles. The van der Waals surface area contributed by atoms with Gasteiger partial charge in [0.2, 0.25) is 0 Å². The SMILES string of the molecule is Nc1ccc(C(=O)Nc2nc3ccc4ncsc4c3s2)cc1. The first-order chi connectivity index (χ1) is 10.7. The summed E-state index contributed by atoms with van der Waals surface area (Å²) in [7, 11) is 0. The summed E-state index contributed by atoms with van der Waals surface area (Å²) in [6.07, 6.45) is 0. The van der Waals surface area contributed by atoms with Crippen LogP contribution < -0.4 is 11.1 Å². The lowest BCUT2D eigenvalue weighted by atomic mass is 10.2. The van der Waals surface area contributed by atoms with Crippen LogP contribution in [0.3, 0.4) is 0 Å². The van der Waals surface area contributed by atoms with Gasteiger partial charge in [-0.15, -0.1) is 11.3 Å². The lowest BCUT2D eigenvalue weighted by Crippen LogP contribution is -2.11. The molecule has 0 saturated carbocycles. The first-order valence-corrected chi connectivity index (χ1v) is 8.20. The van der Waals surface area contributed by atoms with Crippen molar-refractivity contribution in [2.45, 2.75) is 0 Å². The molecule has 22 heavy (non-hydrogen) atoms. The van der Waals surface area contributed by atoms with E-state index < -0.39 is 0 Å². The Morgan fingerprint density at radius 1 is 1.05 bits per heavy atom. The van der Waals surface area contributed by atoms with Gasteiger partial charge in [-0.1, -0.05) is 11.3 Å². The molecule has 4 aromatic rings. The molecule has 7 heteroatoms. The van der Waals surface area contributed by atoms with Crippen molar-refractivity contribution in [2.24, 2.45) is 0 Å². The summed E-state index contributed by atoms with van der Waals surface area (Å²) in [6, 6.07) is 10.7. The molecule has 2 aromatic heterocycles. The first kappa shape index (κ1) is 13.2. The van der Waals surface area contributed by atoms with Gasteiger partial charge in [0.1, 0.15) is 0 Å². The summed E-state index contributed by atoms with van der Waals surface area (Å²) in [6.45, 7) is 0. The highest BCUT2D eigenvalue weighted by atomic mass is 32.1. The van der Waals surface area contributed by atoms with Crippen LogP contribution in [0.2, 0.25) is 0 Å². The maximum atomic E-state index is 12.2. The number of nitrogens with zero attached hydrogens (tertiary/aromatic N) is 2. The fraction of sp³-hybridized carbons (Fsp3) is 0. The molecule has 0 aliphatic carbocycles. The smallest absolute Gasteiger partial charge is 0.257 e. The lowest BCUT2D eigenvalue weighted by molar-refractivity contribution is 0.102. The second-order valence-corrected chi connectivity index (χ2v) is 6.56. The summed E-state index contributed by atoms with van der Waals surface area (Å²) >= 11 is 3.04. The number of nitrogens with two attached hydrogens (primary N) is 1. The van der Waals surface area contributed by atoms with Crippen LogP contribution in [0.15, 0.2) is 41.9 Å². The highest BCUT2D eigenvalue weighted by Gasteiger charge is 2.12. The largest absolute Gasteiger partial charge is 0.399 e. The number of amides is 1. The molecule has 108 valence electrons. The van der Waals surface area contributed by atoms with Crippen LogP contribution >= 0.6 is 22.7 Å². The average Bonchev–Trinajstić information content (AvgIpc) is 3.12. The molecule has 4 rings (SSSR count). The van der Waals surface area contributed by atoms with Crippen LogP contribution in [-0.2, 0) is 0 Å². The molecule has 3 N–H and O–H groups in total. The van der Waals surface area contributed by atoms with Crippen molar-refractivity contribution >= 4 is 59.8 Å². The summed E-state index contributed by atoms with van der Waals surface area (Å²) in [5.74, 6) is -0.195. The van der Waals surface area contributed by atoms with Gasteiger partial charge in [-0.25, -0.2) is 9.97 Å². The van der Waals surface area contributed by atoms with E-state index in [9.17, 15) is 4.79 Å². The molecular weight excluding hydrogens is 316 g/mol. The predicted octanol–water partition coefficient (Wildman–Crippen LogP) is 3.74. The maximum Gasteiger partial charge on any atom is 0.257 e. The van der Waals surface area contributed by atoms with Crippen molar-refractivity contribution in [1.29, 1.82) is 0 Å². The van der Waals surface area contributed by atoms with E-state index >= 15 is 0 Å². The van der Waals surface area contributed by atoms with E-state index in [1.165, 1.54) is 11.3 Å². The fourth-order valence-corrected chi connectivity index (χ4v) is 4.06. The Morgan fingerprint density at radius 2 is 1.82 bits per heavy atom. The van der Waals surface area contributed by atoms with Crippen LogP contribution in [0.4, 0.5) is 10.8 Å². The zero-order valence-corrected chi connectivity index (χ0v) is 12.9. The number of rotatable bonds is 2. The van der Waals surface area contributed by atoms with Gasteiger partial charge in [0.05, 0.1) is 25.9 Å². The molecule has 0 bridgehead atoms. The first-order valence-electron chi connectivity index (χ1n) is 6.50. The van der Waals surface area contributed by atoms with Gasteiger partial charge >= 0.3 is 0 Å². The van der Waals surface area contributed by atoms with Gasteiger partial charge in [0.25, 0.3) is 5.91 Å². The molecule has 1 amide bonds. The third-order valence-corrected chi connectivity index (χ3v) is 5.24. The van der Waals surface area contributed by atoms with E-state index in [0.29, 0.717) is 16.4 Å². The van der Waals surface area contributed by atoms with Crippen molar-refractivity contribution in [3.63, 3.8) is 0 Å². The lowest BCUT2D eigenvalue weighted by Gasteiger charge is -2.01. The minimum atomic E-state index is -0.195. The van der Waals surface area contributed by atoms with Crippen LogP contribution in [0.5, 0.6) is 0 Å². The maximum absolute atomic E-state index is 12.2. The van der Waals surface area contributed by atoms with Gasteiger partial charge < -0.3 is 5.73 Å². The second-order valence-electron chi connectivity index (χ2n) is 4.71. The van der Waals surface area contributed by atoms with Crippen molar-refractivity contribution in [3.05, 3.63) is 47.5 Å². The minimum absolute atomic E-state index is 0.195. The Balaban J connectivity index is 1.69. The van der Waals surface area contributed by atoms with Crippen LogP contribution in [0.25, 0.3) is 20.4 Å². The quantitative estimate of drug-likeness (QED) is 0.550. The van der Waals surface area contributed by atoms with E-state index in [4.69, 9.17) is 5.73 Å². The molecule has 2 heterocycles. The van der Waals surface area contributed by atoms with Crippen molar-refractivity contribution in [1.82, 2.24) is 9.97 Å². The number of thiazole rings is 2. The summed E-state index contributed by atoms with van der Waals surface area (Å²) in [4.78, 5) is 21.0. The molecule has 0 radical (unpaired) electrons. The topological polar surface area (TPSA) is 80.9 Å². The average molecular weight is 326 g/mol. The Morgan fingerprint density at radius 3 is 2.64 bits per heavy atom. The molecule has 0 aliphatic rings. The monoisotopic (exact) mass is 326 g/mol. The minimum Gasteiger partial charge on any atom is -0.399 e. The Hall–Kier alpha value is -2.51. The number of hydrogen-bond acceptors (Lipinski definition) is 6. The summed E-state index contributed by atoms with van der Waals surface area (Å²) < 4.78 is 2.15. The summed E-state index contributed by atoms with van der Waals surface area (Å²) in [5.41, 5.74) is 10.4. The van der Waals surface area contributed by atoms with Crippen LogP contribution in [0, 0.1) is 0 Å². The summed E-state index contributed by atoms with van der Waals surface area (Å²) in [5, 5.41) is 3.42. The third kappa shape index (κ3) is 2.20. The number of anilines is 2. The van der Waals surface area contributed by atoms with Crippen LogP contribution in [0.1, 0.15) is 10.4 Å². The fourth-order valence-electron chi connectivity index (χ4n) is 2.17. The number of nitrogen functional groups attached to an aromatic ring is 1. The molecular formula is C15H10N4OS2. The highest BCUT2D eigenvalue weighted by molar-refractivity contribution is 7.28. The number of nitrogens with one attached hydrogen (secondary N) is 1. The zero-order chi connectivity index (χ0) is 15.1. The third-order valence-electron chi connectivity index (χ3n) is 3.25. The molecule has 5 nitrogen and oxygen atoms in total. The molecule has 0 atom stereocenters. The van der Waals surface area contributed by atoms with Gasteiger partial charge in [-0.2, -0.15) is 0 Å². The Kier molecular flexibility index (Phi) is 3.02. The van der Waals surface area contributed by atoms with E-state index in [1.807, 2.05) is 17.6 Å². The molecule has 0 unspecified atom stereocenters. The van der Waals surface area contributed by atoms with Gasteiger partial charge in [0, 0.05) is 11.3 Å². The molecule has 0 spiro atoms. The Labute approximate surface area is 133 Å². The molecule has 0 fully saturated rings. The van der Waals surface area contributed by atoms with Crippen LogP contribution in [-0.4, -0.2) is 15.9 Å². The number of fused-ring (bicyclic) bond motifs is 3. The number of benzene rings is 2. The van der Waals surface area contributed by atoms with Crippen molar-refractivity contribution < 1.29 is 4.79 Å². The number of hydrogen-bond donors (Lipinski definition) is 2. The standard InChI is InChI=1S/C15H10N4OS2/c16-9-3-1-8(2-4-9)14(20)19-15-18-11-6-5-10-12(13(11)22-15)21-7-17-10/h1-7H,16H2,(H,18,19,20). The van der Waals surface area contributed by atoms with Gasteiger partial charge in [0.15, 0.2) is 5.13 Å². The molecule has 2 aromatic carbocycles.